The van der Waals surface area contributed by atoms with Crippen LogP contribution >= 0.6 is 0 Å². The number of hydrogen-bond donors (Lipinski definition) is 2. The fourth-order valence-corrected chi connectivity index (χ4v) is 2.53. The number of ether oxygens (including phenoxy) is 2. The van der Waals surface area contributed by atoms with E-state index in [1.165, 1.54) is 0 Å². The van der Waals surface area contributed by atoms with Crippen LogP contribution in [0.5, 0.6) is 0 Å². The van der Waals surface area contributed by atoms with Gasteiger partial charge >= 0.3 is 6.09 Å². The molecular weight excluding hydrogens is 220 g/mol. The smallest absolute Gasteiger partial charge is 0.407 e. The molecule has 17 heavy (non-hydrogen) atoms. The Labute approximate surface area is 102 Å². The lowest BCUT2D eigenvalue weighted by Crippen LogP contribution is -2.41. The molecule has 2 rings (SSSR count). The molecule has 0 aliphatic carbocycles. The molecule has 2 heterocycles. The predicted molar refractivity (Wildman–Crippen MR) is 64.0 cm³/mol. The summed E-state index contributed by atoms with van der Waals surface area (Å²) in [6.45, 7) is 5.22. The van der Waals surface area contributed by atoms with Gasteiger partial charge in [0.15, 0.2) is 0 Å². The lowest BCUT2D eigenvalue weighted by Gasteiger charge is -2.32. The topological polar surface area (TPSA) is 59.6 Å². The van der Waals surface area contributed by atoms with Gasteiger partial charge in [0.05, 0.1) is 12.2 Å². The minimum Gasteiger partial charge on any atom is -0.444 e. The van der Waals surface area contributed by atoms with Gasteiger partial charge in [0.2, 0.25) is 0 Å². The van der Waals surface area contributed by atoms with Crippen LogP contribution in [0.15, 0.2) is 0 Å². The monoisotopic (exact) mass is 242 g/mol. The van der Waals surface area contributed by atoms with Crippen LogP contribution in [0.4, 0.5) is 4.79 Å². The van der Waals surface area contributed by atoms with Gasteiger partial charge < -0.3 is 20.1 Å². The molecule has 2 aliphatic rings. The van der Waals surface area contributed by atoms with Crippen molar-refractivity contribution in [3.05, 3.63) is 0 Å². The van der Waals surface area contributed by atoms with E-state index in [1.54, 1.807) is 0 Å². The molecule has 2 N–H and O–H groups in total. The largest absolute Gasteiger partial charge is 0.444 e. The van der Waals surface area contributed by atoms with E-state index in [0.717, 1.165) is 38.8 Å². The van der Waals surface area contributed by atoms with E-state index >= 15 is 0 Å². The highest BCUT2D eigenvalue weighted by Crippen LogP contribution is 2.35. The predicted octanol–water partition coefficient (Wildman–Crippen LogP) is 1.03. The molecule has 5 nitrogen and oxygen atoms in total. The second-order valence-electron chi connectivity index (χ2n) is 4.90. The van der Waals surface area contributed by atoms with E-state index in [-0.39, 0.29) is 17.8 Å². The quantitative estimate of drug-likeness (QED) is 0.776. The lowest BCUT2D eigenvalue weighted by atomic mass is 9.89. The Kier molecular flexibility index (Phi) is 4.23. The molecule has 0 saturated carbocycles. The van der Waals surface area contributed by atoms with Crippen molar-refractivity contribution >= 4 is 6.09 Å². The summed E-state index contributed by atoms with van der Waals surface area (Å²) in [7, 11) is 0. The van der Waals surface area contributed by atoms with Crippen molar-refractivity contribution in [3.63, 3.8) is 0 Å². The highest BCUT2D eigenvalue weighted by molar-refractivity contribution is 5.67. The molecule has 2 aliphatic heterocycles. The van der Waals surface area contributed by atoms with Crippen LogP contribution in [-0.2, 0) is 9.47 Å². The van der Waals surface area contributed by atoms with Crippen LogP contribution in [-0.4, -0.2) is 44.0 Å². The molecule has 5 heteroatoms. The van der Waals surface area contributed by atoms with Crippen LogP contribution in [0, 0.1) is 0 Å². The van der Waals surface area contributed by atoms with Gasteiger partial charge in [-0.1, -0.05) is 6.92 Å². The van der Waals surface area contributed by atoms with Crippen molar-refractivity contribution in [2.24, 2.45) is 0 Å². The zero-order chi connectivity index (χ0) is 12.1. The molecule has 1 atom stereocenters. The molecule has 1 unspecified atom stereocenters. The Morgan fingerprint density at radius 2 is 2.29 bits per heavy atom. The third kappa shape index (κ3) is 3.33. The zero-order valence-electron chi connectivity index (χ0n) is 10.5. The Balaban J connectivity index is 1.75. The first-order valence-electron chi connectivity index (χ1n) is 6.53. The van der Waals surface area contributed by atoms with Gasteiger partial charge in [-0.15, -0.1) is 0 Å². The minimum absolute atomic E-state index is 0.0407. The number of piperidine rings is 1. The summed E-state index contributed by atoms with van der Waals surface area (Å²) in [5, 5.41) is 6.04. The van der Waals surface area contributed by atoms with Crippen molar-refractivity contribution in [1.29, 1.82) is 0 Å². The lowest BCUT2D eigenvalue weighted by molar-refractivity contribution is -0.0212. The molecule has 1 spiro atoms. The van der Waals surface area contributed by atoms with Crippen LogP contribution < -0.4 is 10.6 Å². The molecule has 0 bridgehead atoms. The number of amides is 1. The fraction of sp³-hybridized carbons (Fsp3) is 0.917. The van der Waals surface area contributed by atoms with E-state index in [9.17, 15) is 4.79 Å². The summed E-state index contributed by atoms with van der Waals surface area (Å²) in [5.74, 6) is 0. The molecule has 0 aromatic heterocycles. The maximum atomic E-state index is 11.4. The van der Waals surface area contributed by atoms with Gasteiger partial charge in [-0.25, -0.2) is 4.79 Å². The minimum atomic E-state index is -0.313. The zero-order valence-corrected chi connectivity index (χ0v) is 10.5. The highest BCUT2D eigenvalue weighted by Gasteiger charge is 2.42. The maximum Gasteiger partial charge on any atom is 0.407 e. The van der Waals surface area contributed by atoms with E-state index < -0.39 is 0 Å². The van der Waals surface area contributed by atoms with Crippen molar-refractivity contribution in [2.75, 3.05) is 26.2 Å². The first-order chi connectivity index (χ1) is 8.24. The number of rotatable bonds is 3. The number of carbonyl (C=O) groups excluding carboxylic acids is 1. The van der Waals surface area contributed by atoms with Gasteiger partial charge in [-0.2, -0.15) is 0 Å². The summed E-state index contributed by atoms with van der Waals surface area (Å²) >= 11 is 0. The van der Waals surface area contributed by atoms with E-state index in [0.29, 0.717) is 13.2 Å². The van der Waals surface area contributed by atoms with Crippen molar-refractivity contribution < 1.29 is 14.3 Å². The number of carbonyl (C=O) groups is 1. The van der Waals surface area contributed by atoms with Gasteiger partial charge in [-0.3, -0.25) is 0 Å². The molecule has 1 amide bonds. The highest BCUT2D eigenvalue weighted by atomic mass is 16.6. The van der Waals surface area contributed by atoms with E-state index in [2.05, 4.69) is 10.6 Å². The van der Waals surface area contributed by atoms with E-state index in [1.807, 2.05) is 6.92 Å². The number of nitrogens with one attached hydrogen (secondary N) is 2. The second kappa shape index (κ2) is 5.69. The summed E-state index contributed by atoms with van der Waals surface area (Å²) in [6, 6.07) is 0. The molecule has 98 valence electrons. The van der Waals surface area contributed by atoms with Gasteiger partial charge in [-0.05, 0) is 32.4 Å². The SMILES string of the molecule is CCCNC(=O)OC1COC2(CCNCC2)C1. The second-order valence-corrected chi connectivity index (χ2v) is 4.90. The Bertz CT molecular complexity index is 264. The summed E-state index contributed by atoms with van der Waals surface area (Å²) in [4.78, 5) is 11.4. The van der Waals surface area contributed by atoms with Gasteiger partial charge in [0, 0.05) is 13.0 Å². The molecule has 2 fully saturated rings. The van der Waals surface area contributed by atoms with Crippen LogP contribution in [0.2, 0.25) is 0 Å². The Morgan fingerprint density at radius 3 is 3.00 bits per heavy atom. The molecule has 2 saturated heterocycles. The van der Waals surface area contributed by atoms with Crippen LogP contribution in [0.25, 0.3) is 0 Å². The Hall–Kier alpha value is -0.810. The van der Waals surface area contributed by atoms with Crippen molar-refractivity contribution in [2.45, 2.75) is 44.3 Å². The maximum absolute atomic E-state index is 11.4. The first kappa shape index (κ1) is 12.6. The average molecular weight is 242 g/mol. The number of alkyl carbamates (subject to hydrolysis) is 1. The summed E-state index contributed by atoms with van der Waals surface area (Å²) < 4.78 is 11.2. The third-order valence-electron chi connectivity index (χ3n) is 3.48. The van der Waals surface area contributed by atoms with E-state index in [4.69, 9.17) is 9.47 Å². The van der Waals surface area contributed by atoms with Crippen molar-refractivity contribution in [1.82, 2.24) is 10.6 Å². The normalized spacial score (nSPS) is 27.0. The summed E-state index contributed by atoms with van der Waals surface area (Å²) in [5.41, 5.74) is -0.0407. The molecule has 0 aromatic carbocycles. The van der Waals surface area contributed by atoms with Gasteiger partial charge in [0.25, 0.3) is 0 Å². The fourth-order valence-electron chi connectivity index (χ4n) is 2.53. The Morgan fingerprint density at radius 1 is 1.53 bits per heavy atom. The molecular formula is C12H22N2O3. The first-order valence-corrected chi connectivity index (χ1v) is 6.53. The van der Waals surface area contributed by atoms with Gasteiger partial charge in [0.1, 0.15) is 6.10 Å². The molecule has 0 radical (unpaired) electrons. The third-order valence-corrected chi connectivity index (χ3v) is 3.48. The van der Waals surface area contributed by atoms with Crippen molar-refractivity contribution in [3.8, 4) is 0 Å². The van der Waals surface area contributed by atoms with Crippen LogP contribution in [0.3, 0.4) is 0 Å². The standard InChI is InChI=1S/C12H22N2O3/c1-2-5-14-11(15)17-10-8-12(16-9-10)3-6-13-7-4-12/h10,13H,2-9H2,1H3,(H,14,15). The molecule has 0 aromatic rings. The van der Waals surface area contributed by atoms with Crippen LogP contribution in [0.1, 0.15) is 32.6 Å². The summed E-state index contributed by atoms with van der Waals surface area (Å²) in [6.07, 6.45) is 3.41. The average Bonchev–Trinajstić information content (AvgIpc) is 2.70. The number of hydrogen-bond acceptors (Lipinski definition) is 4.